The summed E-state index contributed by atoms with van der Waals surface area (Å²) in [7, 11) is 0. The second-order valence-electron chi connectivity index (χ2n) is 6.01. The zero-order chi connectivity index (χ0) is 16.0. The molecule has 0 fully saturated rings. The van der Waals surface area contributed by atoms with Crippen LogP contribution in [0.25, 0.3) is 0 Å². The molecule has 0 bridgehead atoms. The van der Waals surface area contributed by atoms with Gasteiger partial charge in [-0.1, -0.05) is 64.5 Å². The average molecular weight is 306 g/mol. The molecule has 0 aromatic heterocycles. The Labute approximate surface area is 137 Å². The maximum atomic E-state index is 5.83. The van der Waals surface area contributed by atoms with Gasteiger partial charge in [-0.05, 0) is 31.9 Å². The Morgan fingerprint density at radius 3 is 1.91 bits per heavy atom. The number of hydrogen-bond acceptors (Lipinski definition) is 2. The highest BCUT2D eigenvalue weighted by Gasteiger charge is 2.11. The van der Waals surface area contributed by atoms with Gasteiger partial charge in [0.1, 0.15) is 5.75 Å². The lowest BCUT2D eigenvalue weighted by atomic mass is 10.1. The fraction of sp³-hybridized carbons (Fsp3) is 0.700. The summed E-state index contributed by atoms with van der Waals surface area (Å²) in [6, 6.07) is 8.51. The first-order valence-electron chi connectivity index (χ1n) is 9.30. The van der Waals surface area contributed by atoms with Crippen LogP contribution in [0.4, 0.5) is 5.69 Å². The van der Waals surface area contributed by atoms with Gasteiger partial charge < -0.3 is 9.64 Å². The summed E-state index contributed by atoms with van der Waals surface area (Å²) < 4.78 is 5.83. The van der Waals surface area contributed by atoms with Crippen molar-refractivity contribution < 1.29 is 4.74 Å². The average Bonchev–Trinajstić information content (AvgIpc) is 2.54. The number of para-hydroxylation sites is 2. The predicted octanol–water partition coefficient (Wildman–Crippen LogP) is 6.05. The van der Waals surface area contributed by atoms with E-state index in [1.165, 1.54) is 57.1 Å². The van der Waals surface area contributed by atoms with Crippen LogP contribution in [0.15, 0.2) is 24.3 Å². The van der Waals surface area contributed by atoms with Crippen LogP contribution in [0.1, 0.15) is 72.1 Å². The van der Waals surface area contributed by atoms with Crippen molar-refractivity contribution in [3.63, 3.8) is 0 Å². The number of rotatable bonds is 13. The Hall–Kier alpha value is -1.18. The van der Waals surface area contributed by atoms with Crippen molar-refractivity contribution in [3.8, 4) is 5.75 Å². The number of unbranched alkanes of at least 4 members (excludes halogenated alkanes) is 6. The van der Waals surface area contributed by atoms with Gasteiger partial charge in [-0.2, -0.15) is 0 Å². The SMILES string of the molecule is CCCCCCN(CCCCCC)c1ccccc1OCC. The van der Waals surface area contributed by atoms with Gasteiger partial charge in [-0.15, -0.1) is 0 Å². The predicted molar refractivity (Wildman–Crippen MR) is 98.1 cm³/mol. The van der Waals surface area contributed by atoms with Gasteiger partial charge in [0.05, 0.1) is 12.3 Å². The van der Waals surface area contributed by atoms with Crippen LogP contribution in [0, 0.1) is 0 Å². The topological polar surface area (TPSA) is 12.5 Å². The van der Waals surface area contributed by atoms with E-state index >= 15 is 0 Å². The molecular formula is C20H35NO. The molecule has 0 atom stereocenters. The molecule has 1 aromatic rings. The maximum Gasteiger partial charge on any atom is 0.142 e. The van der Waals surface area contributed by atoms with Crippen LogP contribution in [0.2, 0.25) is 0 Å². The molecule has 22 heavy (non-hydrogen) atoms. The summed E-state index contributed by atoms with van der Waals surface area (Å²) in [6.45, 7) is 9.63. The first-order chi connectivity index (χ1) is 10.8. The Bertz CT molecular complexity index is 366. The molecule has 2 heteroatoms. The standard InChI is InChI=1S/C20H35NO/c1-4-7-9-13-17-21(18-14-10-8-5-2)19-15-11-12-16-20(19)22-6-3/h11-12,15-16H,4-10,13-14,17-18H2,1-3H3. The zero-order valence-electron chi connectivity index (χ0n) is 14.9. The van der Waals surface area contributed by atoms with Crippen molar-refractivity contribution in [3.05, 3.63) is 24.3 Å². The normalized spacial score (nSPS) is 10.7. The van der Waals surface area contributed by atoms with Crippen molar-refractivity contribution in [2.75, 3.05) is 24.6 Å². The zero-order valence-corrected chi connectivity index (χ0v) is 14.9. The Morgan fingerprint density at radius 2 is 1.36 bits per heavy atom. The molecule has 0 heterocycles. The third kappa shape index (κ3) is 7.20. The molecule has 0 radical (unpaired) electrons. The van der Waals surface area contributed by atoms with Crippen LogP contribution in [0.5, 0.6) is 5.75 Å². The number of benzene rings is 1. The van der Waals surface area contributed by atoms with Crippen molar-refractivity contribution in [1.29, 1.82) is 0 Å². The molecule has 0 aliphatic carbocycles. The molecule has 2 nitrogen and oxygen atoms in total. The van der Waals surface area contributed by atoms with Gasteiger partial charge in [-0.25, -0.2) is 0 Å². The second kappa shape index (κ2) is 12.4. The summed E-state index contributed by atoms with van der Waals surface area (Å²) in [5, 5.41) is 0. The van der Waals surface area contributed by atoms with Crippen LogP contribution in [-0.2, 0) is 0 Å². The number of anilines is 1. The fourth-order valence-electron chi connectivity index (χ4n) is 2.81. The Morgan fingerprint density at radius 1 is 0.773 bits per heavy atom. The van der Waals surface area contributed by atoms with Crippen molar-refractivity contribution in [2.24, 2.45) is 0 Å². The summed E-state index contributed by atoms with van der Waals surface area (Å²) in [4.78, 5) is 2.54. The molecule has 0 saturated heterocycles. The number of nitrogens with zero attached hydrogens (tertiary/aromatic N) is 1. The molecule has 1 aromatic carbocycles. The van der Waals surface area contributed by atoms with E-state index in [-0.39, 0.29) is 0 Å². The van der Waals surface area contributed by atoms with E-state index < -0.39 is 0 Å². The minimum absolute atomic E-state index is 0.733. The molecule has 0 amide bonds. The third-order valence-electron chi connectivity index (χ3n) is 4.07. The molecule has 0 unspecified atom stereocenters. The second-order valence-corrected chi connectivity index (χ2v) is 6.01. The van der Waals surface area contributed by atoms with Gasteiger partial charge in [0.15, 0.2) is 0 Å². The molecule has 1 rings (SSSR count). The van der Waals surface area contributed by atoms with Crippen molar-refractivity contribution in [2.45, 2.75) is 72.1 Å². The van der Waals surface area contributed by atoms with Crippen LogP contribution in [-0.4, -0.2) is 19.7 Å². The fourth-order valence-corrected chi connectivity index (χ4v) is 2.81. The lowest BCUT2D eigenvalue weighted by molar-refractivity contribution is 0.340. The molecular weight excluding hydrogens is 270 g/mol. The highest BCUT2D eigenvalue weighted by Crippen LogP contribution is 2.28. The monoisotopic (exact) mass is 305 g/mol. The van der Waals surface area contributed by atoms with E-state index in [1.807, 2.05) is 0 Å². The van der Waals surface area contributed by atoms with E-state index in [4.69, 9.17) is 4.74 Å². The summed E-state index contributed by atoms with van der Waals surface area (Å²) in [5.74, 6) is 1.04. The van der Waals surface area contributed by atoms with E-state index in [2.05, 4.69) is 49.9 Å². The number of hydrogen-bond donors (Lipinski definition) is 0. The highest BCUT2D eigenvalue weighted by atomic mass is 16.5. The van der Waals surface area contributed by atoms with Gasteiger partial charge in [0, 0.05) is 13.1 Å². The maximum absolute atomic E-state index is 5.83. The lowest BCUT2D eigenvalue weighted by Gasteiger charge is -2.27. The lowest BCUT2D eigenvalue weighted by Crippen LogP contribution is -2.26. The van der Waals surface area contributed by atoms with Crippen molar-refractivity contribution >= 4 is 5.69 Å². The summed E-state index contributed by atoms with van der Waals surface area (Å²) >= 11 is 0. The summed E-state index contributed by atoms with van der Waals surface area (Å²) in [6.07, 6.45) is 10.5. The summed E-state index contributed by atoms with van der Waals surface area (Å²) in [5.41, 5.74) is 1.28. The first kappa shape index (κ1) is 18.9. The smallest absolute Gasteiger partial charge is 0.142 e. The van der Waals surface area contributed by atoms with Gasteiger partial charge in [-0.3, -0.25) is 0 Å². The van der Waals surface area contributed by atoms with E-state index in [9.17, 15) is 0 Å². The van der Waals surface area contributed by atoms with Crippen LogP contribution >= 0.6 is 0 Å². The minimum atomic E-state index is 0.733. The molecule has 0 spiro atoms. The Balaban J connectivity index is 2.65. The van der Waals surface area contributed by atoms with Gasteiger partial charge in [0.25, 0.3) is 0 Å². The molecule has 0 N–H and O–H groups in total. The first-order valence-corrected chi connectivity index (χ1v) is 9.30. The Kier molecular flexibility index (Phi) is 10.6. The molecule has 0 aliphatic rings. The molecule has 126 valence electrons. The highest BCUT2D eigenvalue weighted by molar-refractivity contribution is 5.58. The van der Waals surface area contributed by atoms with Crippen molar-refractivity contribution in [1.82, 2.24) is 0 Å². The van der Waals surface area contributed by atoms with E-state index in [1.54, 1.807) is 0 Å². The van der Waals surface area contributed by atoms with E-state index in [0.717, 1.165) is 25.4 Å². The molecule has 0 aliphatic heterocycles. The van der Waals surface area contributed by atoms with Gasteiger partial charge in [0.2, 0.25) is 0 Å². The van der Waals surface area contributed by atoms with Crippen LogP contribution < -0.4 is 9.64 Å². The quantitative estimate of drug-likeness (QED) is 0.411. The van der Waals surface area contributed by atoms with E-state index in [0.29, 0.717) is 0 Å². The largest absolute Gasteiger partial charge is 0.492 e. The number of ether oxygens (including phenoxy) is 1. The third-order valence-corrected chi connectivity index (χ3v) is 4.07. The minimum Gasteiger partial charge on any atom is -0.492 e. The van der Waals surface area contributed by atoms with Gasteiger partial charge >= 0.3 is 0 Å². The van der Waals surface area contributed by atoms with Crippen LogP contribution in [0.3, 0.4) is 0 Å². The molecule has 0 saturated carbocycles.